The first kappa shape index (κ1) is 19.4. The first-order valence-electron chi connectivity index (χ1n) is 8.93. The molecule has 7 heteroatoms. The summed E-state index contributed by atoms with van der Waals surface area (Å²) >= 11 is 3.40. The molecule has 1 aromatic heterocycles. The standard InChI is InChI=1S/C22H18BrN3O2S/c1-16-14-18(23)12-13-20(16)25-29(27,28)21-15-26(19-10-6-3-7-11-19)24-22(21)17-8-4-2-5-9-17/h2-15,25H,1H3. The molecule has 4 rings (SSSR count). The Kier molecular flexibility index (Phi) is 5.25. The van der Waals surface area contributed by atoms with Crippen LogP contribution in [0, 0.1) is 6.92 Å². The molecule has 0 bridgehead atoms. The van der Waals surface area contributed by atoms with Gasteiger partial charge in [0.25, 0.3) is 10.0 Å². The highest BCUT2D eigenvalue weighted by Crippen LogP contribution is 2.30. The molecule has 0 saturated carbocycles. The van der Waals surface area contributed by atoms with Gasteiger partial charge in [-0.05, 0) is 42.8 Å². The van der Waals surface area contributed by atoms with Gasteiger partial charge in [-0.15, -0.1) is 0 Å². The van der Waals surface area contributed by atoms with E-state index in [-0.39, 0.29) is 4.90 Å². The summed E-state index contributed by atoms with van der Waals surface area (Å²) in [5.74, 6) is 0. The number of anilines is 1. The molecule has 0 fully saturated rings. The summed E-state index contributed by atoms with van der Waals surface area (Å²) in [4.78, 5) is 0.120. The maximum Gasteiger partial charge on any atom is 0.265 e. The van der Waals surface area contributed by atoms with Crippen LogP contribution in [-0.4, -0.2) is 18.2 Å². The average Bonchev–Trinajstić information content (AvgIpc) is 3.18. The van der Waals surface area contributed by atoms with Crippen LogP contribution in [0.3, 0.4) is 0 Å². The molecule has 0 aliphatic carbocycles. The number of nitrogens with zero attached hydrogens (tertiary/aromatic N) is 2. The highest BCUT2D eigenvalue weighted by atomic mass is 79.9. The SMILES string of the molecule is Cc1cc(Br)ccc1NS(=O)(=O)c1cn(-c2ccccc2)nc1-c1ccccc1. The number of para-hydroxylation sites is 1. The molecule has 3 aromatic carbocycles. The highest BCUT2D eigenvalue weighted by Gasteiger charge is 2.25. The van der Waals surface area contributed by atoms with Crippen molar-refractivity contribution in [3.8, 4) is 16.9 Å². The topological polar surface area (TPSA) is 64.0 Å². The van der Waals surface area contributed by atoms with Crippen LogP contribution in [-0.2, 0) is 10.0 Å². The van der Waals surface area contributed by atoms with Crippen LogP contribution >= 0.6 is 15.9 Å². The lowest BCUT2D eigenvalue weighted by Crippen LogP contribution is -2.14. The third-order valence-electron chi connectivity index (χ3n) is 4.47. The highest BCUT2D eigenvalue weighted by molar-refractivity contribution is 9.10. The molecule has 4 aromatic rings. The van der Waals surface area contributed by atoms with Crippen molar-refractivity contribution in [2.45, 2.75) is 11.8 Å². The zero-order valence-corrected chi connectivity index (χ0v) is 18.0. The Labute approximate surface area is 178 Å². The van der Waals surface area contributed by atoms with Crippen LogP contribution in [0.1, 0.15) is 5.56 Å². The molecule has 29 heavy (non-hydrogen) atoms. The Bertz CT molecular complexity index is 1250. The monoisotopic (exact) mass is 467 g/mol. The molecule has 146 valence electrons. The van der Waals surface area contributed by atoms with Crippen LogP contribution in [0.15, 0.2) is 94.4 Å². The molecule has 1 heterocycles. The molecular weight excluding hydrogens is 450 g/mol. The minimum absolute atomic E-state index is 0.120. The van der Waals surface area contributed by atoms with Gasteiger partial charge in [0.05, 0.1) is 17.6 Å². The quantitative estimate of drug-likeness (QED) is 0.426. The van der Waals surface area contributed by atoms with Gasteiger partial charge in [0.1, 0.15) is 10.6 Å². The summed E-state index contributed by atoms with van der Waals surface area (Å²) in [5.41, 5.74) is 3.26. The van der Waals surface area contributed by atoms with Crippen LogP contribution < -0.4 is 4.72 Å². The lowest BCUT2D eigenvalue weighted by molar-refractivity contribution is 0.601. The molecule has 5 nitrogen and oxygen atoms in total. The van der Waals surface area contributed by atoms with Crippen LogP contribution in [0.4, 0.5) is 5.69 Å². The van der Waals surface area contributed by atoms with Crippen LogP contribution in [0.5, 0.6) is 0 Å². The molecule has 0 radical (unpaired) electrons. The Morgan fingerprint density at radius 3 is 2.24 bits per heavy atom. The van der Waals surface area contributed by atoms with Gasteiger partial charge in [-0.25, -0.2) is 13.1 Å². The summed E-state index contributed by atoms with van der Waals surface area (Å²) in [6.45, 7) is 1.86. The fraction of sp³-hybridized carbons (Fsp3) is 0.0455. The molecule has 0 amide bonds. The number of benzene rings is 3. The van der Waals surface area contributed by atoms with Crippen molar-refractivity contribution in [1.29, 1.82) is 0 Å². The number of sulfonamides is 1. The van der Waals surface area contributed by atoms with Gasteiger partial charge >= 0.3 is 0 Å². The Morgan fingerprint density at radius 2 is 1.59 bits per heavy atom. The molecule has 0 aliphatic heterocycles. The zero-order valence-electron chi connectivity index (χ0n) is 15.6. The predicted molar refractivity (Wildman–Crippen MR) is 119 cm³/mol. The Hall–Kier alpha value is -2.90. The van der Waals surface area contributed by atoms with Gasteiger partial charge in [0.2, 0.25) is 0 Å². The molecule has 1 N–H and O–H groups in total. The van der Waals surface area contributed by atoms with Gasteiger partial charge in [0, 0.05) is 10.0 Å². The van der Waals surface area contributed by atoms with E-state index >= 15 is 0 Å². The summed E-state index contributed by atoms with van der Waals surface area (Å²) in [6.07, 6.45) is 1.55. The summed E-state index contributed by atoms with van der Waals surface area (Å²) in [6, 6.07) is 24.1. The van der Waals surface area contributed by atoms with Crippen molar-refractivity contribution in [3.63, 3.8) is 0 Å². The van der Waals surface area contributed by atoms with E-state index < -0.39 is 10.0 Å². The first-order chi connectivity index (χ1) is 13.9. The number of hydrogen-bond acceptors (Lipinski definition) is 3. The van der Waals surface area contributed by atoms with Gasteiger partial charge in [0.15, 0.2) is 0 Å². The second-order valence-electron chi connectivity index (χ2n) is 6.55. The molecule has 0 spiro atoms. The number of aromatic nitrogens is 2. The lowest BCUT2D eigenvalue weighted by Gasteiger charge is -2.11. The summed E-state index contributed by atoms with van der Waals surface area (Å²) in [7, 11) is -3.86. The fourth-order valence-corrected chi connectivity index (χ4v) is 4.76. The van der Waals surface area contributed by atoms with Crippen molar-refractivity contribution in [2.75, 3.05) is 4.72 Å². The third-order valence-corrected chi connectivity index (χ3v) is 6.33. The molecule has 0 aliphatic rings. The minimum atomic E-state index is -3.86. The minimum Gasteiger partial charge on any atom is -0.279 e. The van der Waals surface area contributed by atoms with Crippen molar-refractivity contribution >= 4 is 31.6 Å². The van der Waals surface area contributed by atoms with E-state index in [9.17, 15) is 8.42 Å². The van der Waals surface area contributed by atoms with E-state index in [1.165, 1.54) is 0 Å². The van der Waals surface area contributed by atoms with Gasteiger partial charge in [-0.3, -0.25) is 4.72 Å². The van der Waals surface area contributed by atoms with Gasteiger partial charge in [-0.1, -0.05) is 64.5 Å². The number of nitrogens with one attached hydrogen (secondary N) is 1. The lowest BCUT2D eigenvalue weighted by atomic mass is 10.2. The average molecular weight is 468 g/mol. The second-order valence-corrected chi connectivity index (χ2v) is 9.12. The molecular formula is C22H18BrN3O2S. The Balaban J connectivity index is 1.83. The van der Waals surface area contributed by atoms with E-state index in [2.05, 4.69) is 25.8 Å². The normalized spacial score (nSPS) is 11.4. The van der Waals surface area contributed by atoms with E-state index in [0.717, 1.165) is 21.3 Å². The number of rotatable bonds is 5. The van der Waals surface area contributed by atoms with E-state index in [1.807, 2.05) is 73.7 Å². The molecule has 0 atom stereocenters. The largest absolute Gasteiger partial charge is 0.279 e. The number of hydrogen-bond donors (Lipinski definition) is 1. The van der Waals surface area contributed by atoms with E-state index in [4.69, 9.17) is 0 Å². The number of aryl methyl sites for hydroxylation is 1. The number of halogens is 1. The van der Waals surface area contributed by atoms with Gasteiger partial charge < -0.3 is 0 Å². The van der Waals surface area contributed by atoms with Crippen molar-refractivity contribution in [3.05, 3.63) is 95.1 Å². The molecule has 0 saturated heterocycles. The zero-order chi connectivity index (χ0) is 20.4. The summed E-state index contributed by atoms with van der Waals surface area (Å²) in [5, 5.41) is 4.59. The molecule has 0 unspecified atom stereocenters. The van der Waals surface area contributed by atoms with Crippen LogP contribution in [0.2, 0.25) is 0 Å². The maximum atomic E-state index is 13.3. The van der Waals surface area contributed by atoms with Gasteiger partial charge in [-0.2, -0.15) is 5.10 Å². The van der Waals surface area contributed by atoms with Crippen molar-refractivity contribution < 1.29 is 8.42 Å². The van der Waals surface area contributed by atoms with E-state index in [1.54, 1.807) is 23.0 Å². The smallest absolute Gasteiger partial charge is 0.265 e. The Morgan fingerprint density at radius 1 is 0.931 bits per heavy atom. The fourth-order valence-electron chi connectivity index (χ4n) is 3.01. The van der Waals surface area contributed by atoms with Crippen molar-refractivity contribution in [2.24, 2.45) is 0 Å². The maximum absolute atomic E-state index is 13.3. The third kappa shape index (κ3) is 4.11. The predicted octanol–water partition coefficient (Wildman–Crippen LogP) is 5.41. The summed E-state index contributed by atoms with van der Waals surface area (Å²) < 4.78 is 31.8. The van der Waals surface area contributed by atoms with E-state index in [0.29, 0.717) is 11.4 Å². The second kappa shape index (κ2) is 7.85. The van der Waals surface area contributed by atoms with Crippen LogP contribution in [0.25, 0.3) is 16.9 Å². The first-order valence-corrected chi connectivity index (χ1v) is 11.2. The van der Waals surface area contributed by atoms with Crippen molar-refractivity contribution in [1.82, 2.24) is 9.78 Å².